The van der Waals surface area contributed by atoms with Crippen molar-refractivity contribution in [1.29, 1.82) is 0 Å². The first kappa shape index (κ1) is 20.7. The second-order valence-corrected chi connectivity index (χ2v) is 7.53. The summed E-state index contributed by atoms with van der Waals surface area (Å²) in [5.41, 5.74) is 8.28. The fourth-order valence-electron chi connectivity index (χ4n) is 3.59. The maximum atomic E-state index is 11.3. The zero-order valence-corrected chi connectivity index (χ0v) is 17.8. The molecule has 0 atom stereocenters. The zero-order valence-electron chi connectivity index (χ0n) is 17.8. The summed E-state index contributed by atoms with van der Waals surface area (Å²) in [4.78, 5) is 26.5. The van der Waals surface area contributed by atoms with Crippen LogP contribution in [0.4, 0.5) is 17.3 Å². The van der Waals surface area contributed by atoms with E-state index < -0.39 is 5.91 Å². The van der Waals surface area contributed by atoms with Gasteiger partial charge < -0.3 is 25.4 Å². The molecule has 9 nitrogen and oxygen atoms in total. The van der Waals surface area contributed by atoms with Crippen molar-refractivity contribution in [1.82, 2.24) is 15.0 Å². The van der Waals surface area contributed by atoms with Crippen molar-refractivity contribution in [2.45, 2.75) is 0 Å². The summed E-state index contributed by atoms with van der Waals surface area (Å²) in [6.45, 7) is 3.32. The second kappa shape index (κ2) is 9.09. The Labute approximate surface area is 190 Å². The minimum absolute atomic E-state index is 0.144. The average molecular weight is 442 g/mol. The predicted octanol–water partition coefficient (Wildman–Crippen LogP) is 3.50. The third kappa shape index (κ3) is 4.83. The summed E-state index contributed by atoms with van der Waals surface area (Å²) in [5.74, 6) is 0.962. The number of hydrogen-bond donors (Lipinski definition) is 2. The Morgan fingerprint density at radius 3 is 2.58 bits per heavy atom. The summed E-state index contributed by atoms with van der Waals surface area (Å²) < 4.78 is 11.2. The number of morpholine rings is 1. The number of nitrogens with one attached hydrogen (secondary N) is 1. The Morgan fingerprint density at radius 2 is 1.79 bits per heavy atom. The molecule has 5 rings (SSSR count). The minimum atomic E-state index is -0.608. The van der Waals surface area contributed by atoms with E-state index in [1.54, 1.807) is 18.3 Å². The SMILES string of the molecule is NC(=O)c1cc(Oc2ccc3nc(Nc4ccc(N5CCOCC5)cc4)ncc3c2)ccn1. The smallest absolute Gasteiger partial charge is 0.267 e. The Bertz CT molecular complexity index is 1290. The van der Waals surface area contributed by atoms with Gasteiger partial charge in [-0.05, 0) is 48.5 Å². The van der Waals surface area contributed by atoms with Crippen molar-refractivity contribution in [3.8, 4) is 11.5 Å². The molecule has 166 valence electrons. The number of primary amides is 1. The Balaban J connectivity index is 1.29. The maximum Gasteiger partial charge on any atom is 0.267 e. The summed E-state index contributed by atoms with van der Waals surface area (Å²) in [6, 6.07) is 16.9. The molecule has 33 heavy (non-hydrogen) atoms. The van der Waals surface area contributed by atoms with Gasteiger partial charge >= 0.3 is 0 Å². The normalized spacial score (nSPS) is 13.6. The third-order valence-corrected chi connectivity index (χ3v) is 5.27. The maximum absolute atomic E-state index is 11.3. The van der Waals surface area contributed by atoms with Crippen LogP contribution in [-0.2, 0) is 4.74 Å². The molecule has 0 spiro atoms. The van der Waals surface area contributed by atoms with Gasteiger partial charge in [0.15, 0.2) is 0 Å². The van der Waals surface area contributed by atoms with Crippen molar-refractivity contribution in [2.75, 3.05) is 36.5 Å². The summed E-state index contributed by atoms with van der Waals surface area (Å²) in [6.07, 6.45) is 3.21. The molecule has 2 aromatic heterocycles. The molecule has 1 aliphatic heterocycles. The van der Waals surface area contributed by atoms with Crippen LogP contribution in [0.1, 0.15) is 10.5 Å². The molecule has 1 saturated heterocycles. The number of carbonyl (C=O) groups excluding carboxylic acids is 1. The van der Waals surface area contributed by atoms with Crippen LogP contribution in [0.5, 0.6) is 11.5 Å². The Kier molecular flexibility index (Phi) is 5.69. The van der Waals surface area contributed by atoms with Gasteiger partial charge in [0, 0.05) is 48.3 Å². The van der Waals surface area contributed by atoms with E-state index in [9.17, 15) is 4.79 Å². The molecule has 3 N–H and O–H groups in total. The van der Waals surface area contributed by atoms with Gasteiger partial charge in [0.05, 0.1) is 18.7 Å². The van der Waals surface area contributed by atoms with E-state index in [2.05, 4.69) is 37.3 Å². The number of nitrogens with zero attached hydrogens (tertiary/aromatic N) is 4. The average Bonchev–Trinajstić information content (AvgIpc) is 2.85. The summed E-state index contributed by atoms with van der Waals surface area (Å²) in [7, 11) is 0. The first-order chi connectivity index (χ1) is 16.1. The van der Waals surface area contributed by atoms with E-state index in [1.165, 1.54) is 18.0 Å². The number of nitrogens with two attached hydrogens (primary N) is 1. The number of benzene rings is 2. The number of rotatable bonds is 6. The summed E-state index contributed by atoms with van der Waals surface area (Å²) in [5, 5.41) is 4.07. The molecule has 0 unspecified atom stereocenters. The third-order valence-electron chi connectivity index (χ3n) is 5.27. The second-order valence-electron chi connectivity index (χ2n) is 7.53. The van der Waals surface area contributed by atoms with Gasteiger partial charge in [-0.15, -0.1) is 0 Å². The number of hydrogen-bond acceptors (Lipinski definition) is 8. The van der Waals surface area contributed by atoms with E-state index in [4.69, 9.17) is 15.2 Å². The largest absolute Gasteiger partial charge is 0.457 e. The Morgan fingerprint density at radius 1 is 1.00 bits per heavy atom. The molecule has 0 bridgehead atoms. The lowest BCUT2D eigenvalue weighted by molar-refractivity contribution is 0.0995. The molecule has 4 aromatic rings. The van der Waals surface area contributed by atoms with Gasteiger partial charge in [0.25, 0.3) is 5.91 Å². The molecule has 1 fully saturated rings. The topological polar surface area (TPSA) is 115 Å². The highest BCUT2D eigenvalue weighted by atomic mass is 16.5. The van der Waals surface area contributed by atoms with Crippen LogP contribution in [0.2, 0.25) is 0 Å². The van der Waals surface area contributed by atoms with Crippen molar-refractivity contribution < 1.29 is 14.3 Å². The molecule has 3 heterocycles. The molecule has 0 radical (unpaired) electrons. The van der Waals surface area contributed by atoms with Crippen LogP contribution in [0.3, 0.4) is 0 Å². The lowest BCUT2D eigenvalue weighted by atomic mass is 10.2. The molecule has 2 aromatic carbocycles. The van der Waals surface area contributed by atoms with Crippen LogP contribution in [0, 0.1) is 0 Å². The van der Waals surface area contributed by atoms with Crippen LogP contribution in [-0.4, -0.2) is 47.2 Å². The predicted molar refractivity (Wildman–Crippen MR) is 125 cm³/mol. The molecular weight excluding hydrogens is 420 g/mol. The van der Waals surface area contributed by atoms with Crippen LogP contribution in [0.15, 0.2) is 67.0 Å². The molecule has 1 amide bonds. The summed E-state index contributed by atoms with van der Waals surface area (Å²) >= 11 is 0. The lowest BCUT2D eigenvalue weighted by Gasteiger charge is -2.28. The van der Waals surface area contributed by atoms with Crippen molar-refractivity contribution in [3.05, 3.63) is 72.7 Å². The van der Waals surface area contributed by atoms with E-state index >= 15 is 0 Å². The number of ether oxygens (including phenoxy) is 2. The van der Waals surface area contributed by atoms with Gasteiger partial charge in [-0.25, -0.2) is 9.97 Å². The quantitative estimate of drug-likeness (QED) is 0.466. The van der Waals surface area contributed by atoms with Gasteiger partial charge in [-0.1, -0.05) is 0 Å². The standard InChI is InChI=1S/C24H22N6O3/c25-23(31)22-14-20(7-8-26-22)33-19-5-6-21-16(13-19)15-27-24(29-21)28-17-1-3-18(4-2-17)30-9-11-32-12-10-30/h1-8,13-15H,9-12H2,(H2,25,31)(H,27,28,29). The molecular formula is C24H22N6O3. The molecule has 0 aliphatic carbocycles. The number of fused-ring (bicyclic) bond motifs is 1. The highest BCUT2D eigenvalue weighted by Gasteiger charge is 2.11. The fourth-order valence-corrected chi connectivity index (χ4v) is 3.59. The van der Waals surface area contributed by atoms with Gasteiger partial charge in [-0.2, -0.15) is 0 Å². The first-order valence-electron chi connectivity index (χ1n) is 10.5. The van der Waals surface area contributed by atoms with E-state index in [-0.39, 0.29) is 5.69 Å². The van der Waals surface area contributed by atoms with Crippen molar-refractivity contribution >= 4 is 34.1 Å². The van der Waals surface area contributed by atoms with E-state index in [0.717, 1.165) is 42.9 Å². The highest BCUT2D eigenvalue weighted by Crippen LogP contribution is 2.26. The number of amides is 1. The molecule has 1 aliphatic rings. The van der Waals surface area contributed by atoms with E-state index in [0.29, 0.717) is 17.4 Å². The van der Waals surface area contributed by atoms with Crippen molar-refractivity contribution in [2.24, 2.45) is 5.73 Å². The zero-order chi connectivity index (χ0) is 22.6. The fraction of sp³-hybridized carbons (Fsp3) is 0.167. The van der Waals surface area contributed by atoms with Crippen LogP contribution in [0.25, 0.3) is 10.9 Å². The van der Waals surface area contributed by atoms with Gasteiger partial charge in [0.2, 0.25) is 5.95 Å². The highest BCUT2D eigenvalue weighted by molar-refractivity contribution is 5.91. The van der Waals surface area contributed by atoms with E-state index in [1.807, 2.05) is 24.3 Å². The van der Waals surface area contributed by atoms with Crippen molar-refractivity contribution in [3.63, 3.8) is 0 Å². The first-order valence-corrected chi connectivity index (χ1v) is 10.5. The Hall–Kier alpha value is -4.24. The number of carbonyl (C=O) groups is 1. The van der Waals surface area contributed by atoms with Gasteiger partial charge in [-0.3, -0.25) is 9.78 Å². The number of aromatic nitrogens is 3. The molecule has 0 saturated carbocycles. The van der Waals surface area contributed by atoms with Gasteiger partial charge in [0.1, 0.15) is 17.2 Å². The monoisotopic (exact) mass is 442 g/mol. The lowest BCUT2D eigenvalue weighted by Crippen LogP contribution is -2.36. The van der Waals surface area contributed by atoms with Crippen LogP contribution >= 0.6 is 0 Å². The minimum Gasteiger partial charge on any atom is -0.457 e. The molecule has 9 heteroatoms. The number of anilines is 3. The van der Waals surface area contributed by atoms with Crippen LogP contribution < -0.4 is 20.7 Å². The number of pyridine rings is 1.